The van der Waals surface area contributed by atoms with Crippen molar-refractivity contribution < 1.29 is 19.1 Å². The van der Waals surface area contributed by atoms with Crippen LogP contribution in [0.2, 0.25) is 0 Å². The van der Waals surface area contributed by atoms with Gasteiger partial charge in [-0.2, -0.15) is 0 Å². The summed E-state index contributed by atoms with van der Waals surface area (Å²) in [6.07, 6.45) is 1.06. The molecule has 0 saturated heterocycles. The molecular formula is C22H24N2O4. The van der Waals surface area contributed by atoms with Crippen molar-refractivity contribution in [3.63, 3.8) is 0 Å². The van der Waals surface area contributed by atoms with E-state index >= 15 is 0 Å². The number of ether oxygens (including phenoxy) is 1. The Labute approximate surface area is 164 Å². The molecule has 0 radical (unpaired) electrons. The molecule has 0 aromatic heterocycles. The number of rotatable bonds is 6. The van der Waals surface area contributed by atoms with Crippen LogP contribution in [-0.4, -0.2) is 31.4 Å². The van der Waals surface area contributed by atoms with Crippen LogP contribution >= 0.6 is 0 Å². The van der Waals surface area contributed by atoms with Crippen LogP contribution in [0.4, 0.5) is 11.4 Å². The van der Waals surface area contributed by atoms with E-state index in [1.54, 1.807) is 29.2 Å². The first-order valence-electron chi connectivity index (χ1n) is 9.30. The third-order valence-electron chi connectivity index (χ3n) is 5.03. The number of nitrogens with zero attached hydrogens (tertiary/aromatic N) is 1. The molecule has 1 aliphatic rings. The normalized spacial score (nSPS) is 14.1. The Bertz CT molecular complexity index is 901. The average Bonchev–Trinajstić information content (AvgIpc) is 3.50. The van der Waals surface area contributed by atoms with Gasteiger partial charge in [-0.3, -0.25) is 9.59 Å². The molecule has 0 bridgehead atoms. The number of amides is 2. The van der Waals surface area contributed by atoms with Crippen LogP contribution in [0, 0.1) is 12.3 Å². The molecule has 3 rings (SSSR count). The molecule has 0 atom stereocenters. The molecule has 0 spiro atoms. The smallest absolute Gasteiger partial charge is 0.337 e. The monoisotopic (exact) mass is 380 g/mol. The molecule has 1 fully saturated rings. The minimum Gasteiger partial charge on any atom is -0.465 e. The summed E-state index contributed by atoms with van der Waals surface area (Å²) in [4.78, 5) is 39.2. The quantitative estimate of drug-likeness (QED) is 0.614. The number of benzene rings is 2. The van der Waals surface area contributed by atoms with Crippen molar-refractivity contribution in [2.24, 2.45) is 5.41 Å². The van der Waals surface area contributed by atoms with E-state index < -0.39 is 11.4 Å². The van der Waals surface area contributed by atoms with E-state index in [4.69, 9.17) is 0 Å². The standard InChI is InChI=1S/C22H24N2O4/c1-4-24(18-7-5-6-15(2)14-18)21(27)22(12-13-22)20(26)23-17-10-8-16(9-11-17)19(25)28-3/h5-11,14H,4,12-13H2,1-3H3,(H,23,26). The summed E-state index contributed by atoms with van der Waals surface area (Å²) in [5.41, 5.74) is 1.77. The predicted octanol–water partition coefficient (Wildman–Crippen LogP) is 3.55. The fourth-order valence-electron chi connectivity index (χ4n) is 3.22. The van der Waals surface area contributed by atoms with Gasteiger partial charge in [0.25, 0.3) is 0 Å². The molecule has 0 heterocycles. The maximum Gasteiger partial charge on any atom is 0.337 e. The Balaban J connectivity index is 1.75. The number of methoxy groups -OCH3 is 1. The van der Waals surface area contributed by atoms with Gasteiger partial charge in [-0.05, 0) is 68.7 Å². The number of hydrogen-bond donors (Lipinski definition) is 1. The van der Waals surface area contributed by atoms with Gasteiger partial charge in [0.1, 0.15) is 5.41 Å². The molecule has 1 aliphatic carbocycles. The lowest BCUT2D eigenvalue weighted by molar-refractivity contribution is -0.132. The Hall–Kier alpha value is -3.15. The first-order valence-corrected chi connectivity index (χ1v) is 9.30. The molecule has 2 aromatic carbocycles. The first-order chi connectivity index (χ1) is 13.4. The Morgan fingerprint density at radius 1 is 1.11 bits per heavy atom. The highest BCUT2D eigenvalue weighted by molar-refractivity contribution is 6.17. The zero-order valence-corrected chi connectivity index (χ0v) is 16.3. The second kappa shape index (κ2) is 7.84. The molecule has 1 saturated carbocycles. The van der Waals surface area contributed by atoms with Gasteiger partial charge in [-0.25, -0.2) is 4.79 Å². The molecule has 2 aromatic rings. The summed E-state index contributed by atoms with van der Waals surface area (Å²) < 4.78 is 4.67. The van der Waals surface area contributed by atoms with Gasteiger partial charge in [0, 0.05) is 17.9 Å². The van der Waals surface area contributed by atoms with E-state index in [0.717, 1.165) is 11.3 Å². The number of esters is 1. The highest BCUT2D eigenvalue weighted by Crippen LogP contribution is 2.48. The van der Waals surface area contributed by atoms with E-state index in [0.29, 0.717) is 30.6 Å². The van der Waals surface area contributed by atoms with Crippen LogP contribution in [0.15, 0.2) is 48.5 Å². The lowest BCUT2D eigenvalue weighted by atomic mass is 10.0. The second-order valence-corrected chi connectivity index (χ2v) is 6.99. The highest BCUT2D eigenvalue weighted by Gasteiger charge is 2.58. The highest BCUT2D eigenvalue weighted by atomic mass is 16.5. The van der Waals surface area contributed by atoms with Gasteiger partial charge in [0.05, 0.1) is 12.7 Å². The van der Waals surface area contributed by atoms with Gasteiger partial charge in [0.15, 0.2) is 0 Å². The number of carbonyl (C=O) groups is 3. The molecule has 0 unspecified atom stereocenters. The van der Waals surface area contributed by atoms with Gasteiger partial charge < -0.3 is 15.0 Å². The van der Waals surface area contributed by atoms with Crippen LogP contribution < -0.4 is 10.2 Å². The summed E-state index contributed by atoms with van der Waals surface area (Å²) in [5.74, 6) is -0.929. The molecular weight excluding hydrogens is 356 g/mol. The van der Waals surface area contributed by atoms with Gasteiger partial charge in [-0.15, -0.1) is 0 Å². The van der Waals surface area contributed by atoms with Gasteiger partial charge >= 0.3 is 5.97 Å². The van der Waals surface area contributed by atoms with Crippen LogP contribution in [-0.2, 0) is 14.3 Å². The van der Waals surface area contributed by atoms with Crippen LogP contribution in [0.25, 0.3) is 0 Å². The number of carbonyl (C=O) groups excluding carboxylic acids is 3. The van der Waals surface area contributed by atoms with E-state index in [1.807, 2.05) is 38.1 Å². The Kier molecular flexibility index (Phi) is 5.49. The van der Waals surface area contributed by atoms with Crippen LogP contribution in [0.3, 0.4) is 0 Å². The maximum absolute atomic E-state index is 13.2. The van der Waals surface area contributed by atoms with Crippen LogP contribution in [0.1, 0.15) is 35.7 Å². The van der Waals surface area contributed by atoms with Crippen LogP contribution in [0.5, 0.6) is 0 Å². The minimum atomic E-state index is -1.03. The summed E-state index contributed by atoms with van der Waals surface area (Å²) in [6.45, 7) is 4.37. The van der Waals surface area contributed by atoms with E-state index in [2.05, 4.69) is 10.1 Å². The maximum atomic E-state index is 13.2. The molecule has 1 N–H and O–H groups in total. The zero-order chi connectivity index (χ0) is 20.3. The fourth-order valence-corrected chi connectivity index (χ4v) is 3.22. The van der Waals surface area contributed by atoms with Crippen molar-refractivity contribution in [3.05, 3.63) is 59.7 Å². The van der Waals surface area contributed by atoms with Crippen molar-refractivity contribution in [2.75, 3.05) is 23.9 Å². The summed E-state index contributed by atoms with van der Waals surface area (Å²) in [7, 11) is 1.31. The van der Waals surface area contributed by atoms with E-state index in [9.17, 15) is 14.4 Å². The SMILES string of the molecule is CCN(C(=O)C1(C(=O)Nc2ccc(C(=O)OC)cc2)CC1)c1cccc(C)c1. The van der Waals surface area contributed by atoms with Gasteiger partial charge in [-0.1, -0.05) is 12.1 Å². The minimum absolute atomic E-state index is 0.177. The molecule has 2 amide bonds. The van der Waals surface area contributed by atoms with Crippen molar-refractivity contribution >= 4 is 29.2 Å². The molecule has 146 valence electrons. The zero-order valence-electron chi connectivity index (χ0n) is 16.3. The number of anilines is 2. The van der Waals surface area contributed by atoms with Crippen molar-refractivity contribution in [1.82, 2.24) is 0 Å². The van der Waals surface area contributed by atoms with E-state index in [-0.39, 0.29) is 11.8 Å². The van der Waals surface area contributed by atoms with Crippen molar-refractivity contribution in [1.29, 1.82) is 0 Å². The summed E-state index contributed by atoms with van der Waals surface area (Å²) >= 11 is 0. The Morgan fingerprint density at radius 2 is 1.79 bits per heavy atom. The Morgan fingerprint density at radius 3 is 2.32 bits per heavy atom. The fraction of sp³-hybridized carbons (Fsp3) is 0.318. The second-order valence-electron chi connectivity index (χ2n) is 6.99. The molecule has 6 nitrogen and oxygen atoms in total. The number of hydrogen-bond acceptors (Lipinski definition) is 4. The van der Waals surface area contributed by atoms with E-state index in [1.165, 1.54) is 7.11 Å². The molecule has 28 heavy (non-hydrogen) atoms. The van der Waals surface area contributed by atoms with Crippen molar-refractivity contribution in [3.8, 4) is 0 Å². The lowest BCUT2D eigenvalue weighted by Gasteiger charge is -2.26. The molecule has 6 heteroatoms. The van der Waals surface area contributed by atoms with Crippen molar-refractivity contribution in [2.45, 2.75) is 26.7 Å². The lowest BCUT2D eigenvalue weighted by Crippen LogP contribution is -2.43. The average molecular weight is 380 g/mol. The third kappa shape index (κ3) is 3.76. The molecule has 0 aliphatic heterocycles. The summed E-state index contributed by atoms with van der Waals surface area (Å²) in [5, 5.41) is 2.81. The predicted molar refractivity (Wildman–Crippen MR) is 107 cm³/mol. The van der Waals surface area contributed by atoms with Gasteiger partial charge in [0.2, 0.25) is 11.8 Å². The number of nitrogens with one attached hydrogen (secondary N) is 1. The first kappa shape index (κ1) is 19.6. The third-order valence-corrected chi connectivity index (χ3v) is 5.03. The summed E-state index contributed by atoms with van der Waals surface area (Å²) in [6, 6.07) is 14.1. The topological polar surface area (TPSA) is 75.7 Å². The number of aryl methyl sites for hydroxylation is 1. The largest absolute Gasteiger partial charge is 0.465 e.